The Bertz CT molecular complexity index is 547. The maximum atomic E-state index is 9.23. The van der Waals surface area contributed by atoms with Crippen LogP contribution < -0.4 is 9.47 Å². The number of phenolic OH excluding ortho intramolecular Hbond substituents is 2. The van der Waals surface area contributed by atoms with Crippen molar-refractivity contribution in [2.24, 2.45) is 0 Å². The fraction of sp³-hybridized carbons (Fsp3) is 0.333. The van der Waals surface area contributed by atoms with E-state index >= 15 is 0 Å². The smallest absolute Gasteiger partial charge is 0.161 e. The van der Waals surface area contributed by atoms with Gasteiger partial charge in [-0.05, 0) is 64.1 Å². The van der Waals surface area contributed by atoms with Gasteiger partial charge in [0.05, 0.1) is 12.2 Å². The van der Waals surface area contributed by atoms with Crippen molar-refractivity contribution in [1.29, 1.82) is 0 Å². The molecule has 0 fully saturated rings. The number of benzene rings is 2. The van der Waals surface area contributed by atoms with Gasteiger partial charge < -0.3 is 19.7 Å². The van der Waals surface area contributed by atoms with Crippen molar-refractivity contribution in [3.8, 4) is 23.0 Å². The quantitative estimate of drug-likeness (QED) is 0.881. The lowest BCUT2D eigenvalue weighted by Gasteiger charge is -2.09. The number of ether oxygens (including phenoxy) is 2. The highest BCUT2D eigenvalue weighted by Gasteiger charge is 2.01. The Labute approximate surface area is 131 Å². The highest BCUT2D eigenvalue weighted by Crippen LogP contribution is 2.25. The third kappa shape index (κ3) is 6.88. The summed E-state index contributed by atoms with van der Waals surface area (Å²) in [5.41, 5.74) is 0. The molecule has 0 radical (unpaired) electrons. The molecule has 0 saturated carbocycles. The molecule has 0 spiro atoms. The molecule has 22 heavy (non-hydrogen) atoms. The first kappa shape index (κ1) is 17.7. The van der Waals surface area contributed by atoms with Crippen LogP contribution in [0.3, 0.4) is 0 Å². The summed E-state index contributed by atoms with van der Waals surface area (Å²) in [7, 11) is 0. The first-order valence-electron chi connectivity index (χ1n) is 7.28. The van der Waals surface area contributed by atoms with Crippen molar-refractivity contribution >= 4 is 0 Å². The van der Waals surface area contributed by atoms with Gasteiger partial charge in [-0.3, -0.25) is 0 Å². The number of rotatable bonds is 4. The number of para-hydroxylation sites is 2. The third-order valence-electron chi connectivity index (χ3n) is 2.44. The molecule has 0 aliphatic heterocycles. The molecule has 0 amide bonds. The van der Waals surface area contributed by atoms with Crippen LogP contribution in [0.1, 0.15) is 27.7 Å². The number of aromatic hydroxyl groups is 2. The lowest BCUT2D eigenvalue weighted by Crippen LogP contribution is -2.05. The van der Waals surface area contributed by atoms with Crippen molar-refractivity contribution < 1.29 is 19.7 Å². The van der Waals surface area contributed by atoms with Gasteiger partial charge in [-0.25, -0.2) is 0 Å². The van der Waals surface area contributed by atoms with E-state index in [2.05, 4.69) is 0 Å². The van der Waals surface area contributed by atoms with E-state index in [-0.39, 0.29) is 23.7 Å². The molecular weight excluding hydrogens is 280 g/mol. The highest BCUT2D eigenvalue weighted by atomic mass is 16.5. The van der Waals surface area contributed by atoms with Crippen molar-refractivity contribution in [1.82, 2.24) is 0 Å². The van der Waals surface area contributed by atoms with Gasteiger partial charge in [-0.1, -0.05) is 12.1 Å². The topological polar surface area (TPSA) is 58.9 Å². The van der Waals surface area contributed by atoms with Gasteiger partial charge >= 0.3 is 0 Å². The van der Waals surface area contributed by atoms with Gasteiger partial charge in [0, 0.05) is 0 Å². The lowest BCUT2D eigenvalue weighted by atomic mass is 10.3. The normalized spacial score (nSPS) is 10.1. The lowest BCUT2D eigenvalue weighted by molar-refractivity contribution is 0.232. The molecule has 2 rings (SSSR count). The third-order valence-corrected chi connectivity index (χ3v) is 2.44. The molecule has 0 bridgehead atoms. The second-order valence-corrected chi connectivity index (χ2v) is 5.29. The van der Waals surface area contributed by atoms with Crippen LogP contribution in [0, 0.1) is 0 Å². The first-order chi connectivity index (χ1) is 10.4. The minimum Gasteiger partial charge on any atom is -0.508 e. The van der Waals surface area contributed by atoms with Crippen molar-refractivity contribution in [2.45, 2.75) is 39.9 Å². The van der Waals surface area contributed by atoms with Crippen LogP contribution in [0.25, 0.3) is 0 Å². The Morgan fingerprint density at radius 3 is 1.77 bits per heavy atom. The second-order valence-electron chi connectivity index (χ2n) is 5.29. The van der Waals surface area contributed by atoms with Gasteiger partial charge in [-0.2, -0.15) is 0 Å². The SMILES string of the molecule is CC(C)Oc1ccc(O)cc1.CC(C)Oc1ccccc1O. The van der Waals surface area contributed by atoms with Gasteiger partial charge in [-0.15, -0.1) is 0 Å². The zero-order chi connectivity index (χ0) is 16.5. The average Bonchev–Trinajstić information content (AvgIpc) is 2.44. The van der Waals surface area contributed by atoms with E-state index in [0.29, 0.717) is 5.75 Å². The molecular formula is C18H24O4. The van der Waals surface area contributed by atoms with Crippen LogP contribution in [0.15, 0.2) is 48.5 Å². The fourth-order valence-electron chi connectivity index (χ4n) is 1.61. The van der Waals surface area contributed by atoms with Crippen molar-refractivity contribution in [2.75, 3.05) is 0 Å². The molecule has 4 nitrogen and oxygen atoms in total. The van der Waals surface area contributed by atoms with Gasteiger partial charge in [0.1, 0.15) is 11.5 Å². The van der Waals surface area contributed by atoms with Crippen molar-refractivity contribution in [3.63, 3.8) is 0 Å². The molecule has 0 unspecified atom stereocenters. The van der Waals surface area contributed by atoms with Crippen LogP contribution in [0.2, 0.25) is 0 Å². The molecule has 0 atom stereocenters. The van der Waals surface area contributed by atoms with E-state index < -0.39 is 0 Å². The van der Waals surface area contributed by atoms with Crippen LogP contribution in [-0.2, 0) is 0 Å². The van der Waals surface area contributed by atoms with E-state index in [1.807, 2.05) is 33.8 Å². The molecule has 2 N–H and O–H groups in total. The van der Waals surface area contributed by atoms with E-state index in [4.69, 9.17) is 14.6 Å². The van der Waals surface area contributed by atoms with E-state index in [9.17, 15) is 5.11 Å². The highest BCUT2D eigenvalue weighted by molar-refractivity contribution is 5.38. The summed E-state index contributed by atoms with van der Waals surface area (Å²) in [5.74, 6) is 1.79. The summed E-state index contributed by atoms with van der Waals surface area (Å²) in [4.78, 5) is 0. The predicted molar refractivity (Wildman–Crippen MR) is 87.7 cm³/mol. The zero-order valence-electron chi connectivity index (χ0n) is 13.5. The Hall–Kier alpha value is -2.36. The van der Waals surface area contributed by atoms with Gasteiger partial charge in [0.15, 0.2) is 11.5 Å². The van der Waals surface area contributed by atoms with Crippen LogP contribution in [0.5, 0.6) is 23.0 Å². The zero-order valence-corrected chi connectivity index (χ0v) is 13.5. The minimum atomic E-state index is 0.100. The Balaban J connectivity index is 0.000000220. The predicted octanol–water partition coefficient (Wildman–Crippen LogP) is 4.36. The molecule has 120 valence electrons. The first-order valence-corrected chi connectivity index (χ1v) is 7.28. The Morgan fingerprint density at radius 2 is 1.27 bits per heavy atom. The number of hydrogen-bond acceptors (Lipinski definition) is 4. The molecule has 0 aliphatic carbocycles. The number of phenols is 2. The fourth-order valence-corrected chi connectivity index (χ4v) is 1.61. The Kier molecular flexibility index (Phi) is 7.09. The summed E-state index contributed by atoms with van der Waals surface area (Å²) in [6.45, 7) is 7.78. The molecule has 0 heterocycles. The minimum absolute atomic E-state index is 0.100. The molecule has 4 heteroatoms. The molecule has 0 aliphatic rings. The van der Waals surface area contributed by atoms with Crippen LogP contribution in [-0.4, -0.2) is 22.4 Å². The van der Waals surface area contributed by atoms with Gasteiger partial charge in [0.25, 0.3) is 0 Å². The maximum Gasteiger partial charge on any atom is 0.161 e. The standard InChI is InChI=1S/2C9H12O2/c1-7(2)11-9-5-3-8(10)4-6-9;1-7(2)11-9-6-4-3-5-8(9)10/h2*3-7,10H,1-2H3. The molecule has 2 aromatic rings. The Morgan fingerprint density at radius 1 is 0.727 bits per heavy atom. The molecule has 0 aromatic heterocycles. The molecule has 0 saturated heterocycles. The summed E-state index contributed by atoms with van der Waals surface area (Å²) in [5, 5.41) is 18.2. The van der Waals surface area contributed by atoms with Crippen molar-refractivity contribution in [3.05, 3.63) is 48.5 Å². The van der Waals surface area contributed by atoms with E-state index in [1.54, 1.807) is 42.5 Å². The van der Waals surface area contributed by atoms with Crippen LogP contribution >= 0.6 is 0 Å². The monoisotopic (exact) mass is 304 g/mol. The van der Waals surface area contributed by atoms with Gasteiger partial charge in [0.2, 0.25) is 0 Å². The summed E-state index contributed by atoms with van der Waals surface area (Å²) < 4.78 is 10.7. The second kappa shape index (κ2) is 8.82. The van der Waals surface area contributed by atoms with E-state index in [0.717, 1.165) is 5.75 Å². The number of hydrogen-bond donors (Lipinski definition) is 2. The van der Waals surface area contributed by atoms with E-state index in [1.165, 1.54) is 0 Å². The summed E-state index contributed by atoms with van der Waals surface area (Å²) in [6.07, 6.45) is 0.280. The van der Waals surface area contributed by atoms with Crippen LogP contribution in [0.4, 0.5) is 0 Å². The largest absolute Gasteiger partial charge is 0.508 e. The summed E-state index contributed by atoms with van der Waals surface area (Å²) in [6, 6.07) is 13.7. The average molecular weight is 304 g/mol. The molecule has 2 aromatic carbocycles. The maximum absolute atomic E-state index is 9.23. The summed E-state index contributed by atoms with van der Waals surface area (Å²) >= 11 is 0.